The molecule has 0 saturated heterocycles. The van der Waals surface area contributed by atoms with Gasteiger partial charge in [0.25, 0.3) is 0 Å². The number of methoxy groups -OCH3 is 1. The largest absolute Gasteiger partial charge is 0.469 e. The molecule has 3 saturated carbocycles. The Hall–Kier alpha value is -1.42. The second-order valence-electron chi connectivity index (χ2n) is 6.40. The molecule has 0 aliphatic heterocycles. The van der Waals surface area contributed by atoms with Gasteiger partial charge in [0, 0.05) is 5.92 Å². The number of rotatable bonds is 2. The first-order valence-electron chi connectivity index (χ1n) is 7.67. The van der Waals surface area contributed by atoms with Gasteiger partial charge < -0.3 is 4.74 Å². The van der Waals surface area contributed by atoms with Crippen LogP contribution < -0.4 is 0 Å². The molecule has 1 unspecified atom stereocenters. The van der Waals surface area contributed by atoms with E-state index < -0.39 is 0 Å². The van der Waals surface area contributed by atoms with E-state index in [-0.39, 0.29) is 17.3 Å². The molecule has 5 rings (SSSR count). The Kier molecular flexibility index (Phi) is 3.03. The van der Waals surface area contributed by atoms with Gasteiger partial charge in [0.1, 0.15) is 0 Å². The zero-order valence-corrected chi connectivity index (χ0v) is 13.0. The third-order valence-corrected chi connectivity index (χ3v) is 6.58. The number of aromatic nitrogens is 1. The molecular formula is C17H19NO2S. The molecule has 2 aromatic rings. The van der Waals surface area contributed by atoms with Crippen LogP contribution in [0.3, 0.4) is 0 Å². The average Bonchev–Trinajstić information content (AvgIpc) is 2.98. The minimum Gasteiger partial charge on any atom is -0.469 e. The first-order valence-corrected chi connectivity index (χ1v) is 8.48. The van der Waals surface area contributed by atoms with Gasteiger partial charge in [0.05, 0.1) is 27.7 Å². The van der Waals surface area contributed by atoms with E-state index in [0.29, 0.717) is 0 Å². The summed E-state index contributed by atoms with van der Waals surface area (Å²) in [6.45, 7) is 0. The van der Waals surface area contributed by atoms with E-state index in [1.807, 2.05) is 12.1 Å². The van der Waals surface area contributed by atoms with Crippen LogP contribution in [0.1, 0.15) is 43.0 Å². The summed E-state index contributed by atoms with van der Waals surface area (Å²) in [5.41, 5.74) is 0.733. The minimum absolute atomic E-state index is 0.0232. The lowest BCUT2D eigenvalue weighted by atomic mass is 9.55. The summed E-state index contributed by atoms with van der Waals surface area (Å²) in [7, 11) is 1.52. The highest BCUT2D eigenvalue weighted by atomic mass is 32.1. The number of fused-ring (bicyclic) bond motifs is 4. The van der Waals surface area contributed by atoms with Gasteiger partial charge in [-0.1, -0.05) is 12.1 Å². The molecule has 2 bridgehead atoms. The third kappa shape index (κ3) is 1.92. The number of para-hydroxylation sites is 1. The summed E-state index contributed by atoms with van der Waals surface area (Å²) < 4.78 is 6.39. The van der Waals surface area contributed by atoms with Gasteiger partial charge in [-0.2, -0.15) is 0 Å². The number of thiazole rings is 1. The Bertz CT molecular complexity index is 652. The van der Waals surface area contributed by atoms with Crippen LogP contribution in [-0.2, 0) is 9.53 Å². The molecule has 1 atom stereocenters. The smallest absolute Gasteiger partial charge is 0.312 e. The van der Waals surface area contributed by atoms with Crippen LogP contribution >= 0.6 is 11.3 Å². The molecule has 0 amide bonds. The van der Waals surface area contributed by atoms with Crippen LogP contribution in [0, 0.1) is 11.3 Å². The summed E-state index contributed by atoms with van der Waals surface area (Å²) in [5.74, 6) is 0.980. The molecule has 1 aromatic heterocycles. The Morgan fingerprint density at radius 1 is 1.33 bits per heavy atom. The van der Waals surface area contributed by atoms with E-state index in [2.05, 4.69) is 12.1 Å². The van der Waals surface area contributed by atoms with Crippen LogP contribution in [0.4, 0.5) is 0 Å². The molecule has 4 heteroatoms. The van der Waals surface area contributed by atoms with E-state index in [1.165, 1.54) is 11.8 Å². The molecule has 3 aliphatic carbocycles. The van der Waals surface area contributed by atoms with Crippen molar-refractivity contribution >= 4 is 27.5 Å². The third-order valence-electron chi connectivity index (χ3n) is 5.43. The number of hydrogen-bond acceptors (Lipinski definition) is 4. The van der Waals surface area contributed by atoms with Gasteiger partial charge in [0.2, 0.25) is 0 Å². The number of nitrogens with zero attached hydrogens (tertiary/aromatic N) is 1. The van der Waals surface area contributed by atoms with E-state index in [4.69, 9.17) is 9.72 Å². The summed E-state index contributed by atoms with van der Waals surface area (Å²) >= 11 is 1.75. The van der Waals surface area contributed by atoms with Crippen LogP contribution in [0.5, 0.6) is 0 Å². The fraction of sp³-hybridized carbons (Fsp3) is 0.529. The Labute approximate surface area is 128 Å². The van der Waals surface area contributed by atoms with Gasteiger partial charge in [-0.25, -0.2) is 4.98 Å². The molecule has 1 aromatic carbocycles. The summed E-state index contributed by atoms with van der Waals surface area (Å²) in [6.07, 6.45) is 5.35. The van der Waals surface area contributed by atoms with Crippen molar-refractivity contribution in [3.63, 3.8) is 0 Å². The Morgan fingerprint density at radius 3 is 2.81 bits per heavy atom. The molecule has 0 N–H and O–H groups in total. The maximum Gasteiger partial charge on any atom is 0.312 e. The van der Waals surface area contributed by atoms with Crippen LogP contribution in [-0.4, -0.2) is 18.1 Å². The molecule has 21 heavy (non-hydrogen) atoms. The van der Waals surface area contributed by atoms with Crippen molar-refractivity contribution in [2.75, 3.05) is 7.11 Å². The van der Waals surface area contributed by atoms with Crippen molar-refractivity contribution in [2.24, 2.45) is 11.3 Å². The molecule has 0 spiro atoms. The second kappa shape index (κ2) is 4.80. The topological polar surface area (TPSA) is 39.2 Å². The van der Waals surface area contributed by atoms with Crippen molar-refractivity contribution in [3.05, 3.63) is 29.3 Å². The van der Waals surface area contributed by atoms with Crippen molar-refractivity contribution in [1.29, 1.82) is 0 Å². The number of carbonyl (C=O) groups is 1. The van der Waals surface area contributed by atoms with Crippen molar-refractivity contribution in [3.8, 4) is 0 Å². The van der Waals surface area contributed by atoms with Crippen molar-refractivity contribution in [1.82, 2.24) is 4.98 Å². The SMILES string of the molecule is COC(=O)C12CCC(CC1)CC2c1nc2ccccc2s1. The highest BCUT2D eigenvalue weighted by Crippen LogP contribution is 2.59. The quantitative estimate of drug-likeness (QED) is 0.783. The number of carbonyl (C=O) groups excluding carboxylic acids is 1. The van der Waals surface area contributed by atoms with Gasteiger partial charge in [0.15, 0.2) is 0 Å². The first-order chi connectivity index (χ1) is 10.2. The Balaban J connectivity index is 1.79. The fourth-order valence-corrected chi connectivity index (χ4v) is 5.46. The summed E-state index contributed by atoms with van der Waals surface area (Å²) in [6, 6.07) is 8.24. The van der Waals surface area contributed by atoms with E-state index >= 15 is 0 Å². The highest BCUT2D eigenvalue weighted by molar-refractivity contribution is 7.18. The molecule has 3 nitrogen and oxygen atoms in total. The van der Waals surface area contributed by atoms with Gasteiger partial charge in [-0.05, 0) is 50.2 Å². The second-order valence-corrected chi connectivity index (χ2v) is 7.46. The number of esters is 1. The van der Waals surface area contributed by atoms with E-state index in [1.54, 1.807) is 11.3 Å². The van der Waals surface area contributed by atoms with Crippen LogP contribution in [0.25, 0.3) is 10.2 Å². The lowest BCUT2D eigenvalue weighted by molar-refractivity contribution is -0.161. The molecule has 3 aliphatic rings. The highest BCUT2D eigenvalue weighted by Gasteiger charge is 2.54. The zero-order chi connectivity index (χ0) is 14.4. The minimum atomic E-state index is -0.322. The summed E-state index contributed by atoms with van der Waals surface area (Å²) in [5, 5.41) is 1.13. The van der Waals surface area contributed by atoms with Crippen LogP contribution in [0.2, 0.25) is 0 Å². The predicted octanol–water partition coefficient (Wildman–Crippen LogP) is 4.13. The number of benzene rings is 1. The van der Waals surface area contributed by atoms with Gasteiger partial charge in [-0.3, -0.25) is 4.79 Å². The normalized spacial score (nSPS) is 31.5. The standard InChI is InChI=1S/C17H19NO2S/c1-20-16(19)17-8-6-11(7-9-17)10-12(17)15-18-13-4-2-3-5-14(13)21-15/h2-5,11-12H,6-10H2,1H3. The van der Waals surface area contributed by atoms with Crippen molar-refractivity contribution in [2.45, 2.75) is 38.0 Å². The van der Waals surface area contributed by atoms with E-state index in [0.717, 1.165) is 48.5 Å². The van der Waals surface area contributed by atoms with Gasteiger partial charge in [-0.15, -0.1) is 11.3 Å². The lowest BCUT2D eigenvalue weighted by Crippen LogP contribution is -2.46. The monoisotopic (exact) mass is 301 g/mol. The van der Waals surface area contributed by atoms with Crippen LogP contribution in [0.15, 0.2) is 24.3 Å². The fourth-order valence-electron chi connectivity index (χ4n) is 4.26. The zero-order valence-electron chi connectivity index (χ0n) is 12.2. The number of hydrogen-bond donors (Lipinski definition) is 0. The maximum atomic E-state index is 12.5. The predicted molar refractivity (Wildman–Crippen MR) is 83.4 cm³/mol. The Morgan fingerprint density at radius 2 is 2.10 bits per heavy atom. The maximum absolute atomic E-state index is 12.5. The molecule has 110 valence electrons. The molecule has 3 fully saturated rings. The van der Waals surface area contributed by atoms with Crippen molar-refractivity contribution < 1.29 is 9.53 Å². The lowest BCUT2D eigenvalue weighted by Gasteiger charge is -2.49. The molecular weight excluding hydrogens is 282 g/mol. The first kappa shape index (κ1) is 13.3. The molecule has 1 heterocycles. The average molecular weight is 301 g/mol. The van der Waals surface area contributed by atoms with E-state index in [9.17, 15) is 4.79 Å². The summed E-state index contributed by atoms with van der Waals surface area (Å²) in [4.78, 5) is 17.3. The number of ether oxygens (including phenoxy) is 1. The molecule has 0 radical (unpaired) electrons. The van der Waals surface area contributed by atoms with Gasteiger partial charge >= 0.3 is 5.97 Å².